The fraction of sp³-hybridized carbons (Fsp3) is 0.333. The number of nitrogens with two attached hydrogens (primary N) is 1. The average molecular weight is 288 g/mol. The Hall–Kier alpha value is -2.50. The van der Waals surface area contributed by atoms with Crippen molar-refractivity contribution < 1.29 is 9.21 Å². The lowest BCUT2D eigenvalue weighted by Gasteiger charge is -2.09. The number of carbonyl (C=O) groups excluding carboxylic acids is 1. The van der Waals surface area contributed by atoms with Crippen LogP contribution in [0.5, 0.6) is 0 Å². The van der Waals surface area contributed by atoms with Gasteiger partial charge in [0.1, 0.15) is 5.82 Å². The van der Waals surface area contributed by atoms with Crippen molar-refractivity contribution in [1.29, 1.82) is 0 Å². The Balaban J connectivity index is 1.61. The molecule has 2 aromatic rings. The van der Waals surface area contributed by atoms with E-state index >= 15 is 0 Å². The summed E-state index contributed by atoms with van der Waals surface area (Å²) in [4.78, 5) is 15.8. The molecule has 0 radical (unpaired) electrons. The van der Waals surface area contributed by atoms with E-state index in [0.29, 0.717) is 18.0 Å². The van der Waals surface area contributed by atoms with Crippen molar-refractivity contribution in [3.63, 3.8) is 0 Å². The molecule has 112 valence electrons. The number of hydrogen-bond acceptors (Lipinski definition) is 5. The molecule has 0 aliphatic heterocycles. The van der Waals surface area contributed by atoms with Crippen LogP contribution in [-0.4, -0.2) is 24.0 Å². The summed E-state index contributed by atoms with van der Waals surface area (Å²) >= 11 is 0. The first-order valence-corrected chi connectivity index (χ1v) is 6.94. The zero-order valence-electron chi connectivity index (χ0n) is 12.1. The number of amides is 1. The molecule has 2 heterocycles. The molecule has 0 unspecified atom stereocenters. The van der Waals surface area contributed by atoms with Crippen LogP contribution >= 0.6 is 0 Å². The number of pyridine rings is 1. The third-order valence-electron chi connectivity index (χ3n) is 3.03. The number of unbranched alkanes of at least 4 members (excludes halogenated alkanes) is 1. The first-order chi connectivity index (χ1) is 10.2. The van der Waals surface area contributed by atoms with Crippen LogP contribution in [0.25, 0.3) is 0 Å². The molecule has 21 heavy (non-hydrogen) atoms. The van der Waals surface area contributed by atoms with E-state index < -0.39 is 0 Å². The molecule has 1 amide bonds. The molecule has 0 fully saturated rings. The molecule has 2 aromatic heterocycles. The summed E-state index contributed by atoms with van der Waals surface area (Å²) in [6.45, 7) is 3.39. The molecule has 4 N–H and O–H groups in total. The van der Waals surface area contributed by atoms with Crippen LogP contribution in [0.1, 0.15) is 29.0 Å². The average Bonchev–Trinajstić information content (AvgIpc) is 2.98. The monoisotopic (exact) mass is 288 g/mol. The number of aromatic nitrogens is 1. The third kappa shape index (κ3) is 4.52. The fourth-order valence-electron chi connectivity index (χ4n) is 1.94. The highest BCUT2D eigenvalue weighted by Crippen LogP contribution is 2.13. The van der Waals surface area contributed by atoms with Gasteiger partial charge >= 0.3 is 0 Å². The number of nitrogens with one attached hydrogen (secondary N) is 2. The highest BCUT2D eigenvalue weighted by molar-refractivity contribution is 5.91. The minimum absolute atomic E-state index is 0.177. The van der Waals surface area contributed by atoms with Crippen molar-refractivity contribution in [2.24, 2.45) is 0 Å². The van der Waals surface area contributed by atoms with E-state index in [2.05, 4.69) is 15.6 Å². The Bertz CT molecular complexity index is 581. The van der Waals surface area contributed by atoms with Crippen LogP contribution in [0.4, 0.5) is 11.5 Å². The van der Waals surface area contributed by atoms with E-state index in [1.807, 2.05) is 13.0 Å². The van der Waals surface area contributed by atoms with Gasteiger partial charge in [-0.1, -0.05) is 0 Å². The Labute approximate surface area is 123 Å². The first kappa shape index (κ1) is 14.9. The second-order valence-corrected chi connectivity index (χ2v) is 4.80. The van der Waals surface area contributed by atoms with E-state index in [-0.39, 0.29) is 5.91 Å². The predicted octanol–water partition coefficient (Wildman–Crippen LogP) is 2.19. The number of rotatable bonds is 7. The molecule has 6 heteroatoms. The molecule has 0 aliphatic rings. The summed E-state index contributed by atoms with van der Waals surface area (Å²) < 4.78 is 5.01. The Morgan fingerprint density at radius 2 is 2.19 bits per heavy atom. The van der Waals surface area contributed by atoms with E-state index in [1.165, 1.54) is 6.26 Å². The van der Waals surface area contributed by atoms with Gasteiger partial charge in [0.05, 0.1) is 18.1 Å². The SMILES string of the molecule is Cc1cc(N)cnc1NCCCCNC(=O)c1ccco1. The van der Waals surface area contributed by atoms with Gasteiger partial charge in [-0.2, -0.15) is 0 Å². The molecule has 2 rings (SSSR count). The lowest BCUT2D eigenvalue weighted by atomic mass is 10.2. The molecule has 0 saturated carbocycles. The van der Waals surface area contributed by atoms with Gasteiger partial charge in [0.2, 0.25) is 0 Å². The maximum absolute atomic E-state index is 11.6. The van der Waals surface area contributed by atoms with Crippen LogP contribution in [0.15, 0.2) is 35.1 Å². The van der Waals surface area contributed by atoms with Crippen molar-refractivity contribution in [3.05, 3.63) is 42.0 Å². The molecule has 0 atom stereocenters. The zero-order chi connectivity index (χ0) is 15.1. The van der Waals surface area contributed by atoms with Crippen LogP contribution in [-0.2, 0) is 0 Å². The van der Waals surface area contributed by atoms with Crippen molar-refractivity contribution in [3.8, 4) is 0 Å². The number of nitrogen functional groups attached to an aromatic ring is 1. The molecule has 0 saturated heterocycles. The predicted molar refractivity (Wildman–Crippen MR) is 82.2 cm³/mol. The molecule has 0 aliphatic carbocycles. The van der Waals surface area contributed by atoms with Gasteiger partial charge in [-0.25, -0.2) is 4.98 Å². The molecule has 0 bridgehead atoms. The Morgan fingerprint density at radius 3 is 2.90 bits per heavy atom. The largest absolute Gasteiger partial charge is 0.459 e. The minimum Gasteiger partial charge on any atom is -0.459 e. The van der Waals surface area contributed by atoms with Gasteiger partial charge in [-0.15, -0.1) is 0 Å². The van der Waals surface area contributed by atoms with Crippen LogP contribution in [0.2, 0.25) is 0 Å². The second-order valence-electron chi connectivity index (χ2n) is 4.80. The topological polar surface area (TPSA) is 93.2 Å². The van der Waals surface area contributed by atoms with Crippen LogP contribution < -0.4 is 16.4 Å². The van der Waals surface area contributed by atoms with Gasteiger partial charge in [-0.05, 0) is 43.5 Å². The highest BCUT2D eigenvalue weighted by atomic mass is 16.3. The summed E-state index contributed by atoms with van der Waals surface area (Å²) in [6.07, 6.45) is 4.94. The number of hydrogen-bond donors (Lipinski definition) is 3. The smallest absolute Gasteiger partial charge is 0.286 e. The minimum atomic E-state index is -0.177. The number of furan rings is 1. The zero-order valence-corrected chi connectivity index (χ0v) is 12.1. The summed E-state index contributed by atoms with van der Waals surface area (Å²) in [7, 11) is 0. The molecular formula is C15H20N4O2. The lowest BCUT2D eigenvalue weighted by Crippen LogP contribution is -2.24. The summed E-state index contributed by atoms with van der Waals surface area (Å²) in [6, 6.07) is 5.23. The van der Waals surface area contributed by atoms with Gasteiger partial charge in [0.25, 0.3) is 5.91 Å². The van der Waals surface area contributed by atoms with Crippen molar-refractivity contribution >= 4 is 17.4 Å². The standard InChI is InChI=1S/C15H20N4O2/c1-11-9-12(16)10-19-14(11)17-6-2-3-7-18-15(20)13-5-4-8-21-13/h4-5,8-10H,2-3,6-7,16H2,1H3,(H,17,19)(H,18,20). The van der Waals surface area contributed by atoms with E-state index in [0.717, 1.165) is 30.8 Å². The number of carbonyl (C=O) groups is 1. The number of aryl methyl sites for hydroxylation is 1. The van der Waals surface area contributed by atoms with Crippen LogP contribution in [0.3, 0.4) is 0 Å². The van der Waals surface area contributed by atoms with Gasteiger partial charge in [-0.3, -0.25) is 4.79 Å². The molecule has 0 aromatic carbocycles. The Kier molecular flexibility index (Phi) is 5.20. The first-order valence-electron chi connectivity index (χ1n) is 6.94. The van der Waals surface area contributed by atoms with Gasteiger partial charge < -0.3 is 20.8 Å². The molecule has 0 spiro atoms. The van der Waals surface area contributed by atoms with Crippen molar-refractivity contribution in [2.45, 2.75) is 19.8 Å². The lowest BCUT2D eigenvalue weighted by molar-refractivity contribution is 0.0925. The second kappa shape index (κ2) is 7.33. The Morgan fingerprint density at radius 1 is 1.38 bits per heavy atom. The number of anilines is 2. The van der Waals surface area contributed by atoms with Crippen molar-refractivity contribution in [2.75, 3.05) is 24.1 Å². The quantitative estimate of drug-likeness (QED) is 0.679. The van der Waals surface area contributed by atoms with Gasteiger partial charge in [0.15, 0.2) is 5.76 Å². The summed E-state index contributed by atoms with van der Waals surface area (Å²) in [5.74, 6) is 1.02. The maximum Gasteiger partial charge on any atom is 0.286 e. The molecule has 6 nitrogen and oxygen atoms in total. The third-order valence-corrected chi connectivity index (χ3v) is 3.03. The van der Waals surface area contributed by atoms with E-state index in [1.54, 1.807) is 18.3 Å². The van der Waals surface area contributed by atoms with Crippen molar-refractivity contribution in [1.82, 2.24) is 10.3 Å². The van der Waals surface area contributed by atoms with E-state index in [4.69, 9.17) is 10.2 Å². The summed E-state index contributed by atoms with van der Waals surface area (Å²) in [5, 5.41) is 6.07. The highest BCUT2D eigenvalue weighted by Gasteiger charge is 2.06. The van der Waals surface area contributed by atoms with Crippen LogP contribution in [0, 0.1) is 6.92 Å². The molecular weight excluding hydrogens is 268 g/mol. The van der Waals surface area contributed by atoms with Gasteiger partial charge in [0, 0.05) is 13.1 Å². The normalized spacial score (nSPS) is 10.3. The van der Waals surface area contributed by atoms with E-state index in [9.17, 15) is 4.79 Å². The maximum atomic E-state index is 11.6. The summed E-state index contributed by atoms with van der Waals surface area (Å²) in [5.41, 5.74) is 7.35. The fourth-order valence-corrected chi connectivity index (χ4v) is 1.94. The number of nitrogens with zero attached hydrogens (tertiary/aromatic N) is 1.